The van der Waals surface area contributed by atoms with Gasteiger partial charge < -0.3 is 15.3 Å². The summed E-state index contributed by atoms with van der Waals surface area (Å²) in [5, 5.41) is 14.3. The number of rotatable bonds is 4. The SMILES string of the molecule is CN1CCC(Nc2c(C(=O)O)cnc3ccc(-c4cnc5ccccc5c4)nc23)CC1. The zero-order valence-corrected chi connectivity index (χ0v) is 17.2. The number of piperidine rings is 1. The van der Waals surface area contributed by atoms with Crippen molar-refractivity contribution >= 4 is 33.6 Å². The maximum absolute atomic E-state index is 11.9. The Balaban J connectivity index is 1.61. The molecule has 7 heteroatoms. The molecule has 1 saturated heterocycles. The van der Waals surface area contributed by atoms with Gasteiger partial charge in [0, 0.05) is 29.4 Å². The minimum atomic E-state index is -1.01. The van der Waals surface area contributed by atoms with Crippen molar-refractivity contribution in [1.29, 1.82) is 0 Å². The first-order valence-corrected chi connectivity index (χ1v) is 10.4. The van der Waals surface area contributed by atoms with E-state index in [1.807, 2.05) is 36.4 Å². The number of aromatic carboxylic acids is 1. The number of aromatic nitrogens is 3. The van der Waals surface area contributed by atoms with Gasteiger partial charge >= 0.3 is 5.97 Å². The maximum atomic E-state index is 11.9. The minimum Gasteiger partial charge on any atom is -0.478 e. The molecule has 5 rings (SSSR count). The summed E-state index contributed by atoms with van der Waals surface area (Å²) < 4.78 is 0. The van der Waals surface area contributed by atoms with E-state index in [1.54, 1.807) is 6.20 Å². The van der Waals surface area contributed by atoms with E-state index in [-0.39, 0.29) is 11.6 Å². The van der Waals surface area contributed by atoms with Gasteiger partial charge in [-0.2, -0.15) is 0 Å². The molecule has 0 radical (unpaired) electrons. The number of carboxylic acid groups (broad SMARTS) is 1. The summed E-state index contributed by atoms with van der Waals surface area (Å²) in [6, 6.07) is 14.0. The van der Waals surface area contributed by atoms with E-state index in [0.29, 0.717) is 16.7 Å². The summed E-state index contributed by atoms with van der Waals surface area (Å²) >= 11 is 0. The molecule has 0 bridgehead atoms. The molecule has 0 amide bonds. The number of benzene rings is 1. The van der Waals surface area contributed by atoms with Gasteiger partial charge in [0.15, 0.2) is 0 Å². The molecular weight excluding hydrogens is 390 g/mol. The van der Waals surface area contributed by atoms with Gasteiger partial charge in [-0.05, 0) is 57.2 Å². The Hall–Kier alpha value is -3.58. The first-order valence-electron chi connectivity index (χ1n) is 10.4. The van der Waals surface area contributed by atoms with Gasteiger partial charge in [0.2, 0.25) is 0 Å². The van der Waals surface area contributed by atoms with Crippen LogP contribution in [0.3, 0.4) is 0 Å². The van der Waals surface area contributed by atoms with Crippen molar-refractivity contribution < 1.29 is 9.90 Å². The Labute approximate surface area is 179 Å². The predicted octanol–water partition coefficient (Wildman–Crippen LogP) is 4.05. The average Bonchev–Trinajstić information content (AvgIpc) is 2.80. The van der Waals surface area contributed by atoms with Crippen molar-refractivity contribution in [3.8, 4) is 11.3 Å². The Morgan fingerprint density at radius 2 is 1.84 bits per heavy atom. The first-order chi connectivity index (χ1) is 15.1. The molecule has 0 saturated carbocycles. The first kappa shape index (κ1) is 19.4. The van der Waals surface area contributed by atoms with Crippen LogP contribution in [0.25, 0.3) is 33.2 Å². The van der Waals surface area contributed by atoms with Gasteiger partial charge in [0.05, 0.1) is 22.4 Å². The summed E-state index contributed by atoms with van der Waals surface area (Å²) in [5.74, 6) is -1.01. The van der Waals surface area contributed by atoms with Crippen molar-refractivity contribution in [3.05, 3.63) is 60.4 Å². The van der Waals surface area contributed by atoms with Gasteiger partial charge in [0.1, 0.15) is 11.1 Å². The second-order valence-electron chi connectivity index (χ2n) is 8.05. The molecule has 7 nitrogen and oxygen atoms in total. The van der Waals surface area contributed by atoms with E-state index in [1.165, 1.54) is 6.20 Å². The fourth-order valence-electron chi connectivity index (χ4n) is 4.10. The van der Waals surface area contributed by atoms with Gasteiger partial charge in [-0.3, -0.25) is 9.97 Å². The number of hydrogen-bond donors (Lipinski definition) is 2. The van der Waals surface area contributed by atoms with Crippen LogP contribution < -0.4 is 5.32 Å². The third-order valence-corrected chi connectivity index (χ3v) is 5.90. The van der Waals surface area contributed by atoms with Crippen molar-refractivity contribution in [3.63, 3.8) is 0 Å². The zero-order valence-electron chi connectivity index (χ0n) is 17.2. The molecular formula is C24H23N5O2. The molecule has 0 unspecified atom stereocenters. The maximum Gasteiger partial charge on any atom is 0.339 e. The summed E-state index contributed by atoms with van der Waals surface area (Å²) in [6.45, 7) is 1.95. The van der Waals surface area contributed by atoms with Gasteiger partial charge in [-0.1, -0.05) is 18.2 Å². The Morgan fingerprint density at radius 3 is 2.65 bits per heavy atom. The molecule has 4 heterocycles. The molecule has 0 spiro atoms. The Kier molecular flexibility index (Phi) is 4.95. The highest BCUT2D eigenvalue weighted by molar-refractivity contribution is 6.03. The largest absolute Gasteiger partial charge is 0.478 e. The fourth-order valence-corrected chi connectivity index (χ4v) is 4.10. The molecule has 2 N–H and O–H groups in total. The molecule has 0 atom stereocenters. The lowest BCUT2D eigenvalue weighted by Crippen LogP contribution is -2.37. The minimum absolute atomic E-state index is 0.146. The number of fused-ring (bicyclic) bond motifs is 2. The van der Waals surface area contributed by atoms with E-state index in [2.05, 4.69) is 33.3 Å². The Morgan fingerprint density at radius 1 is 1.06 bits per heavy atom. The van der Waals surface area contributed by atoms with E-state index in [0.717, 1.165) is 48.1 Å². The van der Waals surface area contributed by atoms with Crippen molar-refractivity contribution in [2.75, 3.05) is 25.5 Å². The van der Waals surface area contributed by atoms with Crippen molar-refractivity contribution in [2.24, 2.45) is 0 Å². The molecule has 1 aromatic carbocycles. The number of likely N-dealkylation sites (tertiary alicyclic amines) is 1. The molecule has 1 aliphatic rings. The lowest BCUT2D eigenvalue weighted by molar-refractivity contribution is 0.0697. The normalized spacial score (nSPS) is 15.4. The third-order valence-electron chi connectivity index (χ3n) is 5.90. The number of carboxylic acids is 1. The second kappa shape index (κ2) is 7.92. The lowest BCUT2D eigenvalue weighted by atomic mass is 10.0. The smallest absolute Gasteiger partial charge is 0.339 e. The quantitative estimate of drug-likeness (QED) is 0.521. The fraction of sp³-hybridized carbons (Fsp3) is 0.250. The van der Waals surface area contributed by atoms with Crippen LogP contribution in [0, 0.1) is 0 Å². The zero-order chi connectivity index (χ0) is 21.4. The van der Waals surface area contributed by atoms with E-state index < -0.39 is 5.97 Å². The van der Waals surface area contributed by atoms with Crippen LogP contribution in [0.2, 0.25) is 0 Å². The number of nitrogens with zero attached hydrogens (tertiary/aromatic N) is 4. The number of hydrogen-bond acceptors (Lipinski definition) is 6. The number of nitrogens with one attached hydrogen (secondary N) is 1. The van der Waals surface area contributed by atoms with Crippen LogP contribution in [0.4, 0.5) is 5.69 Å². The highest BCUT2D eigenvalue weighted by atomic mass is 16.4. The van der Waals surface area contributed by atoms with Crippen LogP contribution in [0.1, 0.15) is 23.2 Å². The molecule has 156 valence electrons. The summed E-state index contributed by atoms with van der Waals surface area (Å²) in [6.07, 6.45) is 5.12. The van der Waals surface area contributed by atoms with E-state index in [4.69, 9.17) is 4.98 Å². The Bertz CT molecular complexity index is 1280. The lowest BCUT2D eigenvalue weighted by Gasteiger charge is -2.30. The van der Waals surface area contributed by atoms with Crippen LogP contribution >= 0.6 is 0 Å². The molecule has 4 aromatic rings. The summed E-state index contributed by atoms with van der Waals surface area (Å²) in [4.78, 5) is 27.9. The van der Waals surface area contributed by atoms with Gasteiger partial charge in [0.25, 0.3) is 0 Å². The van der Waals surface area contributed by atoms with Crippen molar-refractivity contribution in [2.45, 2.75) is 18.9 Å². The topological polar surface area (TPSA) is 91.2 Å². The highest BCUT2D eigenvalue weighted by Gasteiger charge is 2.22. The highest BCUT2D eigenvalue weighted by Crippen LogP contribution is 2.30. The van der Waals surface area contributed by atoms with Crippen LogP contribution in [-0.4, -0.2) is 57.1 Å². The van der Waals surface area contributed by atoms with Crippen molar-refractivity contribution in [1.82, 2.24) is 19.9 Å². The van der Waals surface area contributed by atoms with Crippen LogP contribution in [-0.2, 0) is 0 Å². The van der Waals surface area contributed by atoms with Crippen LogP contribution in [0.15, 0.2) is 54.9 Å². The molecule has 31 heavy (non-hydrogen) atoms. The molecule has 3 aromatic heterocycles. The van der Waals surface area contributed by atoms with Gasteiger partial charge in [-0.15, -0.1) is 0 Å². The molecule has 1 aliphatic heterocycles. The second-order valence-corrected chi connectivity index (χ2v) is 8.05. The molecule has 0 aliphatic carbocycles. The number of pyridine rings is 3. The summed E-state index contributed by atoms with van der Waals surface area (Å²) in [5.41, 5.74) is 4.47. The number of para-hydroxylation sites is 1. The summed E-state index contributed by atoms with van der Waals surface area (Å²) in [7, 11) is 2.10. The monoisotopic (exact) mass is 413 g/mol. The molecule has 1 fully saturated rings. The third kappa shape index (κ3) is 3.80. The number of anilines is 1. The van der Waals surface area contributed by atoms with E-state index >= 15 is 0 Å². The standard InChI is InChI=1S/C24H23N5O2/c1-29-10-8-17(9-11-29)27-22-18(24(30)31)14-26-21-7-6-20(28-23(21)22)16-12-15-4-2-3-5-19(15)25-13-16/h2-7,12-14,17H,8-11H2,1H3,(H,26,27)(H,30,31). The number of carbonyl (C=O) groups is 1. The average molecular weight is 413 g/mol. The van der Waals surface area contributed by atoms with Gasteiger partial charge in [-0.25, -0.2) is 9.78 Å². The predicted molar refractivity (Wildman–Crippen MR) is 121 cm³/mol. The van der Waals surface area contributed by atoms with E-state index in [9.17, 15) is 9.90 Å². The van der Waals surface area contributed by atoms with Crippen LogP contribution in [0.5, 0.6) is 0 Å².